The number of thiocarbonyl (C=S) groups is 1. The van der Waals surface area contributed by atoms with Gasteiger partial charge in [0.2, 0.25) is 0 Å². The predicted octanol–water partition coefficient (Wildman–Crippen LogP) is 4.40. The van der Waals surface area contributed by atoms with E-state index in [2.05, 4.69) is 17.6 Å². The van der Waals surface area contributed by atoms with E-state index in [0.29, 0.717) is 16.7 Å². The molecule has 0 spiro atoms. The van der Waals surface area contributed by atoms with Gasteiger partial charge >= 0.3 is 0 Å². The number of rotatable bonds is 5. The highest BCUT2D eigenvalue weighted by molar-refractivity contribution is 7.80. The Morgan fingerprint density at radius 1 is 1.14 bits per heavy atom. The van der Waals surface area contributed by atoms with Crippen LogP contribution in [0, 0.1) is 6.92 Å². The SMILES string of the molecule is Cc1ccc(OCC(C)NC(=S)Nc2ccc(Cl)cc2)cc1. The molecule has 0 aliphatic heterocycles. The number of ether oxygens (including phenoxy) is 1. The normalized spacial score (nSPS) is 11.6. The van der Waals surface area contributed by atoms with Crippen LogP contribution in [0.15, 0.2) is 48.5 Å². The van der Waals surface area contributed by atoms with Crippen LogP contribution in [0.25, 0.3) is 0 Å². The van der Waals surface area contributed by atoms with Crippen LogP contribution in [0.1, 0.15) is 12.5 Å². The van der Waals surface area contributed by atoms with Gasteiger partial charge in [0.25, 0.3) is 0 Å². The Hall–Kier alpha value is -1.78. The quantitative estimate of drug-likeness (QED) is 0.794. The fourth-order valence-corrected chi connectivity index (χ4v) is 2.27. The van der Waals surface area contributed by atoms with Crippen molar-refractivity contribution in [3.05, 3.63) is 59.1 Å². The Bertz CT molecular complexity index is 614. The third-order valence-corrected chi connectivity index (χ3v) is 3.47. The summed E-state index contributed by atoms with van der Waals surface area (Å²) < 4.78 is 5.72. The average Bonchev–Trinajstić information content (AvgIpc) is 2.49. The second-order valence-corrected chi connectivity index (χ2v) is 5.98. The van der Waals surface area contributed by atoms with Gasteiger partial charge in [0.15, 0.2) is 5.11 Å². The highest BCUT2D eigenvalue weighted by Crippen LogP contribution is 2.13. The first-order valence-corrected chi connectivity index (χ1v) is 7.84. The van der Waals surface area contributed by atoms with Crippen LogP contribution in [0.4, 0.5) is 5.69 Å². The van der Waals surface area contributed by atoms with Crippen LogP contribution in [-0.4, -0.2) is 17.8 Å². The summed E-state index contributed by atoms with van der Waals surface area (Å²) in [7, 11) is 0. The van der Waals surface area contributed by atoms with Crippen molar-refractivity contribution in [2.45, 2.75) is 19.9 Å². The summed E-state index contributed by atoms with van der Waals surface area (Å²) in [5.41, 5.74) is 2.11. The molecule has 0 bridgehead atoms. The molecule has 116 valence electrons. The topological polar surface area (TPSA) is 33.3 Å². The molecule has 2 aromatic rings. The van der Waals surface area contributed by atoms with Crippen LogP contribution in [0.5, 0.6) is 5.75 Å². The van der Waals surface area contributed by atoms with Crippen LogP contribution in [0.3, 0.4) is 0 Å². The van der Waals surface area contributed by atoms with E-state index in [1.807, 2.05) is 55.5 Å². The van der Waals surface area contributed by atoms with Crippen molar-refractivity contribution in [1.82, 2.24) is 5.32 Å². The van der Waals surface area contributed by atoms with Crippen molar-refractivity contribution in [2.75, 3.05) is 11.9 Å². The van der Waals surface area contributed by atoms with Gasteiger partial charge in [-0.25, -0.2) is 0 Å². The monoisotopic (exact) mass is 334 g/mol. The van der Waals surface area contributed by atoms with E-state index in [0.717, 1.165) is 11.4 Å². The molecule has 0 radical (unpaired) electrons. The standard InChI is InChI=1S/C17H19ClN2OS/c1-12-3-9-16(10-4-12)21-11-13(2)19-17(22)20-15-7-5-14(18)6-8-15/h3-10,13H,11H2,1-2H3,(H2,19,20,22). The smallest absolute Gasteiger partial charge is 0.171 e. The van der Waals surface area contributed by atoms with E-state index in [4.69, 9.17) is 28.6 Å². The molecule has 0 saturated carbocycles. The van der Waals surface area contributed by atoms with Gasteiger partial charge in [0.05, 0.1) is 6.04 Å². The molecule has 2 aromatic carbocycles. The van der Waals surface area contributed by atoms with E-state index in [1.54, 1.807) is 0 Å². The van der Waals surface area contributed by atoms with Crippen molar-refractivity contribution in [2.24, 2.45) is 0 Å². The maximum absolute atomic E-state index is 5.85. The number of nitrogens with one attached hydrogen (secondary N) is 2. The number of aryl methyl sites for hydroxylation is 1. The van der Waals surface area contributed by atoms with Crippen molar-refractivity contribution in [3.8, 4) is 5.75 Å². The first-order chi connectivity index (χ1) is 10.5. The number of benzene rings is 2. The number of hydrogen-bond acceptors (Lipinski definition) is 2. The van der Waals surface area contributed by atoms with Gasteiger partial charge in [0.1, 0.15) is 12.4 Å². The van der Waals surface area contributed by atoms with Gasteiger partial charge in [-0.05, 0) is 62.5 Å². The van der Waals surface area contributed by atoms with Gasteiger partial charge in [-0.15, -0.1) is 0 Å². The first kappa shape index (κ1) is 16.6. The minimum absolute atomic E-state index is 0.0913. The summed E-state index contributed by atoms with van der Waals surface area (Å²) in [6.45, 7) is 4.60. The molecule has 0 aliphatic rings. The van der Waals surface area contributed by atoms with Gasteiger partial charge in [-0.3, -0.25) is 0 Å². The molecule has 22 heavy (non-hydrogen) atoms. The molecule has 0 amide bonds. The highest BCUT2D eigenvalue weighted by atomic mass is 35.5. The van der Waals surface area contributed by atoms with E-state index >= 15 is 0 Å². The zero-order valence-corrected chi connectivity index (χ0v) is 14.2. The van der Waals surface area contributed by atoms with Crippen LogP contribution in [-0.2, 0) is 0 Å². The lowest BCUT2D eigenvalue weighted by molar-refractivity contribution is 0.287. The minimum atomic E-state index is 0.0913. The maximum Gasteiger partial charge on any atom is 0.171 e. The fourth-order valence-electron chi connectivity index (χ4n) is 1.82. The molecule has 0 saturated heterocycles. The molecule has 0 fully saturated rings. The molecule has 1 atom stereocenters. The fraction of sp³-hybridized carbons (Fsp3) is 0.235. The lowest BCUT2D eigenvalue weighted by Crippen LogP contribution is -2.39. The van der Waals surface area contributed by atoms with Crippen molar-refractivity contribution < 1.29 is 4.74 Å². The third kappa shape index (κ3) is 5.54. The van der Waals surface area contributed by atoms with E-state index in [9.17, 15) is 0 Å². The Labute approximate surface area is 141 Å². The summed E-state index contributed by atoms with van der Waals surface area (Å²) in [5, 5.41) is 7.55. The zero-order chi connectivity index (χ0) is 15.9. The van der Waals surface area contributed by atoms with Crippen LogP contribution in [0.2, 0.25) is 5.02 Å². The Kier molecular flexibility index (Phi) is 6.04. The van der Waals surface area contributed by atoms with E-state index in [1.165, 1.54) is 5.56 Å². The number of anilines is 1. The Morgan fingerprint density at radius 3 is 2.41 bits per heavy atom. The molecule has 1 unspecified atom stereocenters. The molecular weight excluding hydrogens is 316 g/mol. The third-order valence-electron chi connectivity index (χ3n) is 3.00. The van der Waals surface area contributed by atoms with Crippen LogP contribution < -0.4 is 15.4 Å². The van der Waals surface area contributed by atoms with Gasteiger partial charge in [-0.1, -0.05) is 29.3 Å². The molecule has 0 heterocycles. The zero-order valence-electron chi connectivity index (χ0n) is 12.6. The van der Waals surface area contributed by atoms with Gasteiger partial charge in [0, 0.05) is 10.7 Å². The van der Waals surface area contributed by atoms with Gasteiger partial charge in [-0.2, -0.15) is 0 Å². The molecule has 3 nitrogen and oxygen atoms in total. The molecule has 2 rings (SSSR count). The van der Waals surface area contributed by atoms with E-state index < -0.39 is 0 Å². The average molecular weight is 335 g/mol. The minimum Gasteiger partial charge on any atom is -0.491 e. The summed E-state index contributed by atoms with van der Waals surface area (Å²) >= 11 is 11.1. The molecule has 0 aliphatic carbocycles. The van der Waals surface area contributed by atoms with Gasteiger partial charge < -0.3 is 15.4 Å². The molecule has 5 heteroatoms. The number of halogens is 1. The Morgan fingerprint density at radius 2 is 1.77 bits per heavy atom. The number of hydrogen-bond donors (Lipinski definition) is 2. The van der Waals surface area contributed by atoms with E-state index in [-0.39, 0.29) is 6.04 Å². The molecule has 2 N–H and O–H groups in total. The largest absolute Gasteiger partial charge is 0.491 e. The highest BCUT2D eigenvalue weighted by Gasteiger charge is 2.05. The summed E-state index contributed by atoms with van der Waals surface area (Å²) in [6, 6.07) is 15.5. The second-order valence-electron chi connectivity index (χ2n) is 5.13. The maximum atomic E-state index is 5.85. The summed E-state index contributed by atoms with van der Waals surface area (Å²) in [4.78, 5) is 0. The summed E-state index contributed by atoms with van der Waals surface area (Å²) in [5.74, 6) is 0.857. The molecular formula is C17H19ClN2OS. The lowest BCUT2D eigenvalue weighted by Gasteiger charge is -2.17. The van der Waals surface area contributed by atoms with Crippen molar-refractivity contribution in [1.29, 1.82) is 0 Å². The molecule has 0 aromatic heterocycles. The lowest BCUT2D eigenvalue weighted by atomic mass is 10.2. The van der Waals surface area contributed by atoms with Crippen LogP contribution >= 0.6 is 23.8 Å². The van der Waals surface area contributed by atoms with Crippen molar-refractivity contribution >= 4 is 34.6 Å². The Balaban J connectivity index is 1.76. The first-order valence-electron chi connectivity index (χ1n) is 7.05. The second kappa shape index (κ2) is 8.01. The summed E-state index contributed by atoms with van der Waals surface area (Å²) in [6.07, 6.45) is 0. The van der Waals surface area contributed by atoms with Crippen molar-refractivity contribution in [3.63, 3.8) is 0 Å². The predicted molar refractivity (Wildman–Crippen MR) is 96.9 cm³/mol.